The summed E-state index contributed by atoms with van der Waals surface area (Å²) in [5.41, 5.74) is 4.84. The first-order chi connectivity index (χ1) is 7.04. The zero-order chi connectivity index (χ0) is 11.4. The minimum atomic E-state index is -1.07. The van der Waals surface area contributed by atoms with E-state index in [9.17, 15) is 13.6 Å². The van der Waals surface area contributed by atoms with Crippen molar-refractivity contribution in [2.24, 2.45) is 5.73 Å². The van der Waals surface area contributed by atoms with Crippen molar-refractivity contribution >= 4 is 5.91 Å². The summed E-state index contributed by atoms with van der Waals surface area (Å²) < 4.78 is 30.3. The lowest BCUT2D eigenvalue weighted by atomic mass is 10.2. The number of hydrogen-bond acceptors (Lipinski definition) is 2. The van der Waals surface area contributed by atoms with Crippen molar-refractivity contribution in [2.75, 3.05) is 7.11 Å². The van der Waals surface area contributed by atoms with Gasteiger partial charge >= 0.3 is 0 Å². The minimum Gasteiger partial charge on any atom is -0.495 e. The Balaban J connectivity index is 3.24. The molecule has 2 N–H and O–H groups in total. The number of primary amides is 1. The van der Waals surface area contributed by atoms with Gasteiger partial charge in [0.2, 0.25) is 0 Å². The van der Waals surface area contributed by atoms with Crippen LogP contribution in [-0.2, 0) is 4.79 Å². The summed E-state index contributed by atoms with van der Waals surface area (Å²) in [5.74, 6) is 1.35. The molecule has 1 aromatic rings. The molecule has 0 heterocycles. The summed E-state index contributed by atoms with van der Waals surface area (Å²) in [4.78, 5) is 10.4. The quantitative estimate of drug-likeness (QED) is 0.699. The minimum absolute atomic E-state index is 0.0441. The molecule has 0 aromatic heterocycles. The molecule has 0 fully saturated rings. The lowest BCUT2D eigenvalue weighted by Gasteiger charge is -2.03. The van der Waals surface area contributed by atoms with E-state index in [-0.39, 0.29) is 11.3 Å². The van der Waals surface area contributed by atoms with Crippen molar-refractivity contribution in [2.45, 2.75) is 0 Å². The molecular weight excluding hydrogens is 204 g/mol. The second kappa shape index (κ2) is 4.42. The highest BCUT2D eigenvalue weighted by Crippen LogP contribution is 2.20. The van der Waals surface area contributed by atoms with Crippen LogP contribution in [-0.4, -0.2) is 13.0 Å². The first-order valence-electron chi connectivity index (χ1n) is 3.89. The summed E-state index contributed by atoms with van der Waals surface area (Å²) >= 11 is 0. The van der Waals surface area contributed by atoms with Gasteiger partial charge in [-0.15, -0.1) is 0 Å². The Kier molecular flexibility index (Phi) is 3.24. The van der Waals surface area contributed by atoms with Gasteiger partial charge in [-0.25, -0.2) is 8.78 Å². The van der Waals surface area contributed by atoms with Crippen LogP contribution in [0.5, 0.6) is 5.75 Å². The Morgan fingerprint density at radius 1 is 1.40 bits per heavy atom. The summed E-state index contributed by atoms with van der Waals surface area (Å²) in [5, 5.41) is 0. The van der Waals surface area contributed by atoms with Crippen LogP contribution in [0.3, 0.4) is 0 Å². The number of ether oxygens (including phenoxy) is 1. The zero-order valence-electron chi connectivity index (χ0n) is 7.80. The lowest BCUT2D eigenvalue weighted by Crippen LogP contribution is -2.06. The normalized spacial score (nSPS) is 9.00. The Bertz CT molecular complexity index is 460. The number of benzene rings is 1. The SMILES string of the molecule is COc1cc(F)c(F)cc1C#CC(N)=O. The van der Waals surface area contributed by atoms with E-state index < -0.39 is 17.5 Å². The van der Waals surface area contributed by atoms with Crippen molar-refractivity contribution in [1.29, 1.82) is 0 Å². The molecular formula is C10H7F2NO2. The Hall–Kier alpha value is -2.09. The summed E-state index contributed by atoms with van der Waals surface area (Å²) in [6.45, 7) is 0. The number of hydrogen-bond donors (Lipinski definition) is 1. The van der Waals surface area contributed by atoms with E-state index in [4.69, 9.17) is 10.5 Å². The number of rotatable bonds is 1. The third kappa shape index (κ3) is 2.68. The fourth-order valence-electron chi connectivity index (χ4n) is 0.924. The van der Waals surface area contributed by atoms with E-state index in [0.29, 0.717) is 0 Å². The first kappa shape index (κ1) is 11.0. The van der Waals surface area contributed by atoms with Crippen molar-refractivity contribution < 1.29 is 18.3 Å². The average molecular weight is 211 g/mol. The van der Waals surface area contributed by atoms with Gasteiger partial charge in [0.15, 0.2) is 11.6 Å². The second-order valence-corrected chi connectivity index (χ2v) is 2.58. The second-order valence-electron chi connectivity index (χ2n) is 2.58. The van der Waals surface area contributed by atoms with Crippen LogP contribution >= 0.6 is 0 Å². The van der Waals surface area contributed by atoms with E-state index in [1.807, 2.05) is 5.92 Å². The molecule has 0 saturated carbocycles. The predicted octanol–water partition coefficient (Wildman–Crippen LogP) is 0.810. The largest absolute Gasteiger partial charge is 0.495 e. The number of methoxy groups -OCH3 is 1. The van der Waals surface area contributed by atoms with Gasteiger partial charge in [0, 0.05) is 12.0 Å². The maximum atomic E-state index is 12.8. The van der Waals surface area contributed by atoms with E-state index in [2.05, 4.69) is 5.92 Å². The van der Waals surface area contributed by atoms with E-state index in [1.54, 1.807) is 0 Å². The zero-order valence-corrected chi connectivity index (χ0v) is 7.80. The third-order valence-corrected chi connectivity index (χ3v) is 1.56. The van der Waals surface area contributed by atoms with Gasteiger partial charge in [0.05, 0.1) is 12.7 Å². The number of nitrogens with two attached hydrogens (primary N) is 1. The maximum Gasteiger partial charge on any atom is 0.293 e. The van der Waals surface area contributed by atoms with Crippen LogP contribution in [0, 0.1) is 23.5 Å². The molecule has 0 aliphatic rings. The van der Waals surface area contributed by atoms with Gasteiger partial charge in [-0.2, -0.15) is 0 Å². The molecule has 1 amide bonds. The first-order valence-corrected chi connectivity index (χ1v) is 3.89. The van der Waals surface area contributed by atoms with Crippen molar-refractivity contribution in [3.8, 4) is 17.6 Å². The molecule has 0 unspecified atom stereocenters. The molecule has 1 aromatic carbocycles. The van der Waals surface area contributed by atoms with Crippen molar-refractivity contribution in [3.05, 3.63) is 29.3 Å². The highest BCUT2D eigenvalue weighted by Gasteiger charge is 2.08. The van der Waals surface area contributed by atoms with Crippen LogP contribution in [0.25, 0.3) is 0 Å². The average Bonchev–Trinajstić information content (AvgIpc) is 2.19. The summed E-state index contributed by atoms with van der Waals surface area (Å²) in [7, 11) is 1.28. The van der Waals surface area contributed by atoms with E-state index in [1.165, 1.54) is 7.11 Å². The van der Waals surface area contributed by atoms with Gasteiger partial charge in [-0.1, -0.05) is 5.92 Å². The topological polar surface area (TPSA) is 52.3 Å². The molecule has 0 radical (unpaired) electrons. The molecule has 0 aliphatic carbocycles. The number of carbonyl (C=O) groups is 1. The molecule has 78 valence electrons. The molecule has 0 bridgehead atoms. The third-order valence-electron chi connectivity index (χ3n) is 1.56. The van der Waals surface area contributed by atoms with Crippen LogP contribution < -0.4 is 10.5 Å². The molecule has 1 rings (SSSR count). The smallest absolute Gasteiger partial charge is 0.293 e. The van der Waals surface area contributed by atoms with Crippen molar-refractivity contribution in [3.63, 3.8) is 0 Å². The summed E-state index contributed by atoms with van der Waals surface area (Å²) in [6.07, 6.45) is 0. The number of amides is 1. The molecule has 0 spiro atoms. The van der Waals surface area contributed by atoms with Gasteiger partial charge in [-0.05, 0) is 6.07 Å². The Morgan fingerprint density at radius 2 is 2.00 bits per heavy atom. The van der Waals surface area contributed by atoms with Crippen LogP contribution in [0.4, 0.5) is 8.78 Å². The fourth-order valence-corrected chi connectivity index (χ4v) is 0.924. The van der Waals surface area contributed by atoms with Gasteiger partial charge in [0.1, 0.15) is 5.75 Å². The molecule has 0 aliphatic heterocycles. The molecule has 5 heteroatoms. The summed E-state index contributed by atoms with van der Waals surface area (Å²) in [6, 6.07) is 1.68. The molecule has 3 nitrogen and oxygen atoms in total. The Morgan fingerprint density at radius 3 is 2.53 bits per heavy atom. The van der Waals surface area contributed by atoms with Gasteiger partial charge < -0.3 is 10.5 Å². The highest BCUT2D eigenvalue weighted by molar-refractivity contribution is 5.92. The fraction of sp³-hybridized carbons (Fsp3) is 0.100. The number of halogens is 2. The van der Waals surface area contributed by atoms with E-state index >= 15 is 0 Å². The number of carbonyl (C=O) groups excluding carboxylic acids is 1. The Labute approximate surface area is 84.8 Å². The predicted molar refractivity (Wildman–Crippen MR) is 49.0 cm³/mol. The van der Waals surface area contributed by atoms with E-state index in [0.717, 1.165) is 12.1 Å². The monoisotopic (exact) mass is 211 g/mol. The highest BCUT2D eigenvalue weighted by atomic mass is 19.2. The molecule has 15 heavy (non-hydrogen) atoms. The molecule has 0 saturated heterocycles. The van der Waals surface area contributed by atoms with Crippen molar-refractivity contribution in [1.82, 2.24) is 0 Å². The van der Waals surface area contributed by atoms with Crippen LogP contribution in [0.15, 0.2) is 12.1 Å². The van der Waals surface area contributed by atoms with Crippen LogP contribution in [0.2, 0.25) is 0 Å². The standard InChI is InChI=1S/C10H7F2NO2/c1-15-9-5-8(12)7(11)4-6(9)2-3-10(13)14/h4-5H,1H3,(H2,13,14). The lowest BCUT2D eigenvalue weighted by molar-refractivity contribution is -0.112. The maximum absolute atomic E-state index is 12.8. The molecule has 0 atom stereocenters. The van der Waals surface area contributed by atoms with Gasteiger partial charge in [0.25, 0.3) is 5.91 Å². The van der Waals surface area contributed by atoms with Gasteiger partial charge in [-0.3, -0.25) is 4.79 Å². The van der Waals surface area contributed by atoms with Crippen LogP contribution in [0.1, 0.15) is 5.56 Å².